The van der Waals surface area contributed by atoms with Crippen LogP contribution in [0.1, 0.15) is 25.0 Å². The average molecular weight is 370 g/mol. The second-order valence-electron chi connectivity index (χ2n) is 7.34. The highest BCUT2D eigenvalue weighted by atomic mass is 16.3. The van der Waals surface area contributed by atoms with Crippen LogP contribution in [-0.2, 0) is 13.1 Å². The molecule has 0 aliphatic rings. The third-order valence-electron chi connectivity index (χ3n) is 4.59. The molecule has 1 aromatic carbocycles. The maximum Gasteiger partial charge on any atom is 0.318 e. The van der Waals surface area contributed by atoms with E-state index in [2.05, 4.69) is 29.0 Å². The Balaban J connectivity index is 2.10. The Kier molecular flexibility index (Phi) is 7.61. The zero-order valence-corrected chi connectivity index (χ0v) is 16.6. The number of phenols is 1. The second-order valence-corrected chi connectivity index (χ2v) is 7.34. The van der Waals surface area contributed by atoms with Gasteiger partial charge in [0.05, 0.1) is 0 Å². The highest BCUT2D eigenvalue weighted by Crippen LogP contribution is 2.14. The number of carbonyl (C=O) groups is 1. The molecule has 6 heteroatoms. The Bertz CT molecular complexity index is 694. The van der Waals surface area contributed by atoms with Gasteiger partial charge in [0.25, 0.3) is 0 Å². The molecule has 0 radical (unpaired) electrons. The minimum Gasteiger partial charge on any atom is -0.508 e. The monoisotopic (exact) mass is 370 g/mol. The summed E-state index contributed by atoms with van der Waals surface area (Å²) >= 11 is 0. The number of urea groups is 1. The fourth-order valence-corrected chi connectivity index (χ4v) is 3.05. The van der Waals surface area contributed by atoms with Gasteiger partial charge in [-0.2, -0.15) is 0 Å². The summed E-state index contributed by atoms with van der Waals surface area (Å²) in [6.45, 7) is 5.81. The average Bonchev–Trinajstić information content (AvgIpc) is 2.63. The summed E-state index contributed by atoms with van der Waals surface area (Å²) in [5, 5.41) is 12.6. The Morgan fingerprint density at radius 1 is 1.11 bits per heavy atom. The van der Waals surface area contributed by atoms with Crippen molar-refractivity contribution in [1.82, 2.24) is 20.1 Å². The van der Waals surface area contributed by atoms with Crippen LogP contribution in [0.3, 0.4) is 0 Å². The number of nitrogens with zero attached hydrogens (tertiary/aromatic N) is 3. The third-order valence-corrected chi connectivity index (χ3v) is 4.59. The summed E-state index contributed by atoms with van der Waals surface area (Å²) < 4.78 is 0. The molecule has 0 bridgehead atoms. The smallest absolute Gasteiger partial charge is 0.318 e. The largest absolute Gasteiger partial charge is 0.508 e. The second kappa shape index (κ2) is 9.92. The van der Waals surface area contributed by atoms with E-state index in [1.807, 2.05) is 38.4 Å². The molecule has 0 aliphatic heterocycles. The SMILES string of the molecule is CC(C)[C@H](CNC(=O)N(Cc1ccc(O)cc1)Cc1cccnc1)N(C)C. The fourth-order valence-electron chi connectivity index (χ4n) is 3.05. The molecule has 1 atom stereocenters. The van der Waals surface area contributed by atoms with Crippen LogP contribution in [0.5, 0.6) is 5.75 Å². The highest BCUT2D eigenvalue weighted by Gasteiger charge is 2.20. The molecule has 1 aromatic heterocycles. The number of phenolic OH excluding ortho intramolecular Hbond substituents is 1. The fraction of sp³-hybridized carbons (Fsp3) is 0.429. The van der Waals surface area contributed by atoms with Gasteiger partial charge in [-0.1, -0.05) is 32.0 Å². The van der Waals surface area contributed by atoms with Gasteiger partial charge in [-0.3, -0.25) is 4.98 Å². The summed E-state index contributed by atoms with van der Waals surface area (Å²) in [7, 11) is 4.06. The number of likely N-dealkylation sites (N-methyl/N-ethyl adjacent to an activating group) is 1. The standard InChI is InChI=1S/C21H30N4O2/c1-16(2)20(24(3)4)13-23-21(27)25(15-18-6-5-11-22-12-18)14-17-7-9-19(26)10-8-17/h5-12,16,20,26H,13-15H2,1-4H3,(H,23,27)/t20-/m0/s1. The van der Waals surface area contributed by atoms with Gasteiger partial charge in [0.1, 0.15) is 5.75 Å². The van der Waals surface area contributed by atoms with Crippen LogP contribution in [0.4, 0.5) is 4.79 Å². The summed E-state index contributed by atoms with van der Waals surface area (Å²) in [6, 6.07) is 10.9. The van der Waals surface area contributed by atoms with Crippen LogP contribution < -0.4 is 5.32 Å². The minimum atomic E-state index is -0.112. The number of pyridine rings is 1. The van der Waals surface area contributed by atoms with Crippen molar-refractivity contribution >= 4 is 6.03 Å². The molecule has 0 spiro atoms. The van der Waals surface area contributed by atoms with Crippen molar-refractivity contribution in [2.75, 3.05) is 20.6 Å². The lowest BCUT2D eigenvalue weighted by Crippen LogP contribution is -2.47. The van der Waals surface area contributed by atoms with Crippen molar-refractivity contribution in [3.8, 4) is 5.75 Å². The highest BCUT2D eigenvalue weighted by molar-refractivity contribution is 5.74. The van der Waals surface area contributed by atoms with Crippen LogP contribution in [-0.4, -0.2) is 52.6 Å². The Labute approximate surface area is 161 Å². The van der Waals surface area contributed by atoms with Crippen LogP contribution in [0.25, 0.3) is 0 Å². The molecule has 2 amide bonds. The van der Waals surface area contributed by atoms with Crippen LogP contribution in [0, 0.1) is 5.92 Å². The van der Waals surface area contributed by atoms with Crippen molar-refractivity contribution in [1.29, 1.82) is 0 Å². The van der Waals surface area contributed by atoms with Gasteiger partial charge in [0.2, 0.25) is 0 Å². The maximum absolute atomic E-state index is 12.9. The van der Waals surface area contributed by atoms with Crippen LogP contribution >= 0.6 is 0 Å². The molecule has 2 rings (SSSR count). The van der Waals surface area contributed by atoms with Gasteiger partial charge >= 0.3 is 6.03 Å². The van der Waals surface area contributed by atoms with Gasteiger partial charge < -0.3 is 20.2 Å². The Morgan fingerprint density at radius 3 is 2.33 bits per heavy atom. The molecule has 2 N–H and O–H groups in total. The van der Waals surface area contributed by atoms with E-state index in [4.69, 9.17) is 0 Å². The molecule has 0 saturated heterocycles. The van der Waals surface area contributed by atoms with Crippen LogP contribution in [0.15, 0.2) is 48.8 Å². The molecular weight excluding hydrogens is 340 g/mol. The number of carbonyl (C=O) groups excluding carboxylic acids is 1. The quantitative estimate of drug-likeness (QED) is 0.749. The number of benzene rings is 1. The first-order chi connectivity index (χ1) is 12.9. The summed E-state index contributed by atoms with van der Waals surface area (Å²) in [6.07, 6.45) is 3.49. The van der Waals surface area contributed by atoms with E-state index in [0.717, 1.165) is 11.1 Å². The van der Waals surface area contributed by atoms with Gasteiger partial charge in [0, 0.05) is 38.1 Å². The third kappa shape index (κ3) is 6.57. The van der Waals surface area contributed by atoms with E-state index in [1.165, 1.54) is 0 Å². The molecule has 0 unspecified atom stereocenters. The molecule has 146 valence electrons. The van der Waals surface area contributed by atoms with Crippen molar-refractivity contribution in [2.24, 2.45) is 5.92 Å². The van der Waals surface area contributed by atoms with Crippen molar-refractivity contribution in [2.45, 2.75) is 33.0 Å². The van der Waals surface area contributed by atoms with E-state index in [9.17, 15) is 9.90 Å². The molecule has 6 nitrogen and oxygen atoms in total. The molecular formula is C21H30N4O2. The molecule has 1 heterocycles. The minimum absolute atomic E-state index is 0.112. The first kappa shape index (κ1) is 20.7. The zero-order valence-electron chi connectivity index (χ0n) is 16.6. The van der Waals surface area contributed by atoms with Gasteiger partial charge in [0.15, 0.2) is 0 Å². The number of hydrogen-bond donors (Lipinski definition) is 2. The predicted octanol–water partition coefficient (Wildman–Crippen LogP) is 3.09. The number of hydrogen-bond acceptors (Lipinski definition) is 4. The number of nitrogens with one attached hydrogen (secondary N) is 1. The van der Waals surface area contributed by atoms with Crippen LogP contribution in [0.2, 0.25) is 0 Å². The topological polar surface area (TPSA) is 68.7 Å². The molecule has 0 aliphatic carbocycles. The first-order valence-electron chi connectivity index (χ1n) is 9.23. The first-order valence-corrected chi connectivity index (χ1v) is 9.23. The van der Waals surface area contributed by atoms with E-state index < -0.39 is 0 Å². The maximum atomic E-state index is 12.9. The number of aromatic nitrogens is 1. The Hall–Kier alpha value is -2.60. The Morgan fingerprint density at radius 2 is 1.78 bits per heavy atom. The summed E-state index contributed by atoms with van der Waals surface area (Å²) in [4.78, 5) is 20.9. The number of amides is 2. The molecule has 0 saturated carbocycles. The van der Waals surface area contributed by atoms with Gasteiger partial charge in [-0.25, -0.2) is 4.79 Å². The van der Waals surface area contributed by atoms with Crippen molar-refractivity contribution in [3.05, 3.63) is 59.9 Å². The lowest BCUT2D eigenvalue weighted by Gasteiger charge is -2.30. The van der Waals surface area contributed by atoms with E-state index in [1.54, 1.807) is 29.4 Å². The summed E-state index contributed by atoms with van der Waals surface area (Å²) in [5.74, 6) is 0.650. The summed E-state index contributed by atoms with van der Waals surface area (Å²) in [5.41, 5.74) is 1.93. The van der Waals surface area contributed by atoms with E-state index in [-0.39, 0.29) is 17.8 Å². The van der Waals surface area contributed by atoms with Gasteiger partial charge in [-0.05, 0) is 49.3 Å². The number of rotatable bonds is 8. The molecule has 2 aromatic rings. The predicted molar refractivity (Wildman–Crippen MR) is 107 cm³/mol. The lowest BCUT2D eigenvalue weighted by molar-refractivity contribution is 0.180. The number of aromatic hydroxyl groups is 1. The lowest BCUT2D eigenvalue weighted by atomic mass is 10.0. The zero-order chi connectivity index (χ0) is 19.8. The van der Waals surface area contributed by atoms with Crippen molar-refractivity contribution in [3.63, 3.8) is 0 Å². The van der Waals surface area contributed by atoms with E-state index in [0.29, 0.717) is 25.6 Å². The molecule has 27 heavy (non-hydrogen) atoms. The van der Waals surface area contributed by atoms with E-state index >= 15 is 0 Å². The van der Waals surface area contributed by atoms with Gasteiger partial charge in [-0.15, -0.1) is 0 Å². The van der Waals surface area contributed by atoms with Crippen molar-refractivity contribution < 1.29 is 9.90 Å². The normalized spacial score (nSPS) is 12.2. The molecule has 0 fully saturated rings.